The van der Waals surface area contributed by atoms with Crippen LogP contribution >= 0.6 is 15.9 Å². The summed E-state index contributed by atoms with van der Waals surface area (Å²) in [5.41, 5.74) is 9.95. The second-order valence-corrected chi connectivity index (χ2v) is 3.54. The Kier molecular flexibility index (Phi) is 5.86. The monoisotopic (exact) mass is 290 g/mol. The van der Waals surface area contributed by atoms with Crippen LogP contribution in [0, 0.1) is 22.4 Å². The highest BCUT2D eigenvalue weighted by molar-refractivity contribution is 9.10. The molecule has 1 aromatic carbocycles. The van der Waals surface area contributed by atoms with Gasteiger partial charge in [-0.2, -0.15) is 0 Å². The van der Waals surface area contributed by atoms with Crippen molar-refractivity contribution in [2.45, 2.75) is 6.92 Å². The largest absolute Gasteiger partial charge is 0.370 e. The molecule has 0 bridgehead atoms. The average molecular weight is 291 g/mol. The van der Waals surface area contributed by atoms with Crippen LogP contribution in [0.15, 0.2) is 22.7 Å². The Bertz CT molecular complexity index is 393. The minimum atomic E-state index is -0.836. The summed E-state index contributed by atoms with van der Waals surface area (Å²) < 4.78 is 0.793. The number of hydrogen-bond acceptors (Lipinski definition) is 4. The van der Waals surface area contributed by atoms with Gasteiger partial charge in [-0.3, -0.25) is 10.2 Å². The number of nitrogens with one attached hydrogen (secondary N) is 1. The molecule has 7 nitrogen and oxygen atoms in total. The molecule has 1 rings (SSSR count). The zero-order valence-electron chi connectivity index (χ0n) is 8.44. The number of nitrogens with zero attached hydrogens (tertiary/aromatic N) is 1. The molecule has 0 aliphatic heterocycles. The van der Waals surface area contributed by atoms with Gasteiger partial charge in [0.05, 0.1) is 0 Å². The molecule has 0 aliphatic rings. The SMILES string of the molecule is Cc1ccc(O[N+](=O)[O-])cc1Br.N=C(N)N. The summed E-state index contributed by atoms with van der Waals surface area (Å²) in [6.45, 7) is 1.89. The number of aryl methyl sites for hydroxylation is 1. The topological polar surface area (TPSA) is 128 Å². The highest BCUT2D eigenvalue weighted by Crippen LogP contribution is 2.21. The van der Waals surface area contributed by atoms with Gasteiger partial charge in [0.25, 0.3) is 5.09 Å². The Labute approximate surface area is 100 Å². The molecule has 0 atom stereocenters. The summed E-state index contributed by atoms with van der Waals surface area (Å²) in [7, 11) is 0. The Morgan fingerprint density at radius 2 is 2.06 bits per heavy atom. The van der Waals surface area contributed by atoms with Crippen molar-refractivity contribution in [3.63, 3.8) is 0 Å². The predicted octanol–water partition coefficient (Wildman–Crippen LogP) is 1.17. The normalized spacial score (nSPS) is 8.62. The number of benzene rings is 1. The summed E-state index contributed by atoms with van der Waals surface area (Å²) >= 11 is 3.23. The fourth-order valence-electron chi connectivity index (χ4n) is 0.716. The van der Waals surface area contributed by atoms with Gasteiger partial charge in [0.15, 0.2) is 5.96 Å². The molecule has 16 heavy (non-hydrogen) atoms. The molecule has 0 spiro atoms. The van der Waals surface area contributed by atoms with Crippen LogP contribution in [0.4, 0.5) is 0 Å². The third-order valence-corrected chi connectivity index (χ3v) is 2.18. The van der Waals surface area contributed by atoms with Crippen molar-refractivity contribution in [2.75, 3.05) is 0 Å². The van der Waals surface area contributed by atoms with E-state index in [1.54, 1.807) is 18.2 Å². The van der Waals surface area contributed by atoms with E-state index in [4.69, 9.17) is 5.41 Å². The summed E-state index contributed by atoms with van der Waals surface area (Å²) in [5.74, 6) is -0.113. The quantitative estimate of drug-likeness (QED) is 0.326. The third-order valence-electron chi connectivity index (χ3n) is 1.32. The molecule has 0 unspecified atom stereocenters. The van der Waals surface area contributed by atoms with Gasteiger partial charge >= 0.3 is 0 Å². The van der Waals surface area contributed by atoms with E-state index < -0.39 is 5.09 Å². The first-order valence-electron chi connectivity index (χ1n) is 4.01. The van der Waals surface area contributed by atoms with E-state index in [2.05, 4.69) is 32.2 Å². The van der Waals surface area contributed by atoms with Crippen LogP contribution in [0.5, 0.6) is 5.75 Å². The molecule has 5 N–H and O–H groups in total. The molecule has 0 aromatic heterocycles. The summed E-state index contributed by atoms with van der Waals surface area (Å²) in [6, 6.07) is 4.84. The Balaban J connectivity index is 0.000000487. The van der Waals surface area contributed by atoms with Crippen molar-refractivity contribution in [1.29, 1.82) is 5.41 Å². The van der Waals surface area contributed by atoms with Crippen molar-refractivity contribution in [2.24, 2.45) is 11.5 Å². The van der Waals surface area contributed by atoms with E-state index >= 15 is 0 Å². The number of halogens is 1. The molecule has 0 heterocycles. The van der Waals surface area contributed by atoms with Crippen molar-refractivity contribution >= 4 is 21.9 Å². The van der Waals surface area contributed by atoms with Crippen molar-refractivity contribution in [1.82, 2.24) is 0 Å². The molecule has 88 valence electrons. The van der Waals surface area contributed by atoms with E-state index in [9.17, 15) is 10.1 Å². The van der Waals surface area contributed by atoms with Gasteiger partial charge in [0.2, 0.25) is 0 Å². The van der Waals surface area contributed by atoms with E-state index in [0.29, 0.717) is 0 Å². The number of hydrogen-bond donors (Lipinski definition) is 3. The second kappa shape index (κ2) is 6.62. The van der Waals surface area contributed by atoms with Gasteiger partial charge in [0.1, 0.15) is 5.75 Å². The van der Waals surface area contributed by atoms with Gasteiger partial charge in [-0.15, -0.1) is 10.1 Å². The third kappa shape index (κ3) is 6.60. The molecular formula is C8H11BrN4O3. The summed E-state index contributed by atoms with van der Waals surface area (Å²) in [6.07, 6.45) is 0. The van der Waals surface area contributed by atoms with Gasteiger partial charge in [0, 0.05) is 4.47 Å². The lowest BCUT2D eigenvalue weighted by Gasteiger charge is -2.00. The first-order valence-corrected chi connectivity index (χ1v) is 4.80. The zero-order chi connectivity index (χ0) is 12.7. The molecule has 0 saturated carbocycles. The maximum atomic E-state index is 9.93. The second-order valence-electron chi connectivity index (χ2n) is 2.68. The standard InChI is InChI=1S/C7H6BrNO3.CH5N3/c1-5-2-3-6(4-7(5)8)12-9(10)11;2-1(3)4/h2-4H,1H3;(H5,2,3,4). The molecule has 0 radical (unpaired) electrons. The van der Waals surface area contributed by atoms with E-state index in [0.717, 1.165) is 10.0 Å². The fraction of sp³-hybridized carbons (Fsp3) is 0.125. The highest BCUT2D eigenvalue weighted by atomic mass is 79.9. The van der Waals surface area contributed by atoms with Crippen LogP contribution < -0.4 is 16.3 Å². The summed E-state index contributed by atoms with van der Waals surface area (Å²) in [5, 5.41) is 15.2. The first kappa shape index (κ1) is 14.2. The van der Waals surface area contributed by atoms with Gasteiger partial charge in [-0.25, -0.2) is 0 Å². The molecule has 1 aromatic rings. The molecule has 8 heteroatoms. The van der Waals surface area contributed by atoms with Crippen LogP contribution in [-0.4, -0.2) is 11.0 Å². The van der Waals surface area contributed by atoms with Crippen molar-refractivity contribution in [3.05, 3.63) is 38.3 Å². The highest BCUT2D eigenvalue weighted by Gasteiger charge is 2.00. The zero-order valence-corrected chi connectivity index (χ0v) is 10.0. The maximum absolute atomic E-state index is 9.93. The van der Waals surface area contributed by atoms with E-state index in [1.807, 2.05) is 6.92 Å². The Morgan fingerprint density at radius 1 is 1.56 bits per heavy atom. The van der Waals surface area contributed by atoms with E-state index in [-0.39, 0.29) is 11.7 Å². The number of guanidine groups is 1. The predicted molar refractivity (Wildman–Crippen MR) is 62.6 cm³/mol. The minimum absolute atomic E-state index is 0.220. The first-order chi connectivity index (χ1) is 7.32. The van der Waals surface area contributed by atoms with Crippen LogP contribution in [-0.2, 0) is 0 Å². The lowest BCUT2D eigenvalue weighted by atomic mass is 10.2. The fourth-order valence-corrected chi connectivity index (χ4v) is 1.07. The maximum Gasteiger partial charge on any atom is 0.299 e. The lowest BCUT2D eigenvalue weighted by Crippen LogP contribution is -2.20. The van der Waals surface area contributed by atoms with Crippen LogP contribution in [0.1, 0.15) is 5.56 Å². The van der Waals surface area contributed by atoms with Crippen LogP contribution in [0.3, 0.4) is 0 Å². The van der Waals surface area contributed by atoms with Gasteiger partial charge in [-0.1, -0.05) is 22.0 Å². The summed E-state index contributed by atoms with van der Waals surface area (Å²) in [4.78, 5) is 14.2. The molecule has 0 aliphatic carbocycles. The van der Waals surface area contributed by atoms with E-state index in [1.165, 1.54) is 0 Å². The molecular weight excluding hydrogens is 280 g/mol. The number of nitrogens with two attached hydrogens (primary N) is 2. The van der Waals surface area contributed by atoms with Crippen LogP contribution in [0.2, 0.25) is 0 Å². The van der Waals surface area contributed by atoms with Crippen molar-refractivity contribution < 1.29 is 9.92 Å². The average Bonchev–Trinajstić information content (AvgIpc) is 2.09. The molecule has 0 saturated heterocycles. The van der Waals surface area contributed by atoms with Crippen molar-refractivity contribution in [3.8, 4) is 5.75 Å². The minimum Gasteiger partial charge on any atom is -0.370 e. The van der Waals surface area contributed by atoms with Gasteiger partial charge < -0.3 is 11.5 Å². The molecule has 0 amide bonds. The lowest BCUT2D eigenvalue weighted by molar-refractivity contribution is -0.711. The number of rotatable bonds is 2. The smallest absolute Gasteiger partial charge is 0.299 e. The molecule has 0 fully saturated rings. The van der Waals surface area contributed by atoms with Gasteiger partial charge in [-0.05, 0) is 24.6 Å². The Hall–Kier alpha value is -1.83. The van der Waals surface area contributed by atoms with Crippen LogP contribution in [0.25, 0.3) is 0 Å². The Morgan fingerprint density at radius 3 is 2.44 bits per heavy atom.